The van der Waals surface area contributed by atoms with Crippen molar-refractivity contribution in [2.24, 2.45) is 4.99 Å². The molecule has 0 aliphatic heterocycles. The molecule has 0 aromatic heterocycles. The maximum atomic E-state index is 5.32. The predicted octanol–water partition coefficient (Wildman–Crippen LogP) is 3.77. The maximum Gasteiger partial charge on any atom is 0.203 e. The van der Waals surface area contributed by atoms with Crippen molar-refractivity contribution in [2.45, 2.75) is 6.92 Å². The summed E-state index contributed by atoms with van der Waals surface area (Å²) in [6.07, 6.45) is 1.77. The average molecular weight is 285 g/mol. The Hall–Kier alpha value is -2.49. The molecule has 4 heteroatoms. The van der Waals surface area contributed by atoms with Gasteiger partial charge in [-0.25, -0.2) is 0 Å². The Morgan fingerprint density at radius 2 is 1.43 bits per heavy atom. The first-order valence-corrected chi connectivity index (χ1v) is 6.58. The molecule has 0 aliphatic carbocycles. The van der Waals surface area contributed by atoms with E-state index in [1.807, 2.05) is 43.3 Å². The first kappa shape index (κ1) is 14.9. The van der Waals surface area contributed by atoms with Crippen LogP contribution in [0.2, 0.25) is 0 Å². The van der Waals surface area contributed by atoms with Crippen LogP contribution in [-0.4, -0.2) is 27.5 Å². The maximum absolute atomic E-state index is 5.32. The van der Waals surface area contributed by atoms with Crippen molar-refractivity contribution < 1.29 is 14.2 Å². The number of hydrogen-bond donors (Lipinski definition) is 0. The van der Waals surface area contributed by atoms with Crippen LogP contribution in [0.15, 0.2) is 41.4 Å². The lowest BCUT2D eigenvalue weighted by molar-refractivity contribution is 0.324. The third-order valence-corrected chi connectivity index (χ3v) is 3.08. The fraction of sp³-hybridized carbons (Fsp3) is 0.235. The van der Waals surface area contributed by atoms with Crippen LogP contribution in [0, 0.1) is 6.92 Å². The summed E-state index contributed by atoms with van der Waals surface area (Å²) >= 11 is 0. The summed E-state index contributed by atoms with van der Waals surface area (Å²) in [6, 6.07) is 11.7. The SMILES string of the molecule is COc1cc(C=Nc2ccc(C)cc2)cc(OC)c1OC. The van der Waals surface area contributed by atoms with Gasteiger partial charge in [-0.2, -0.15) is 0 Å². The number of methoxy groups -OCH3 is 3. The summed E-state index contributed by atoms with van der Waals surface area (Å²) in [7, 11) is 4.77. The van der Waals surface area contributed by atoms with E-state index in [0.717, 1.165) is 11.3 Å². The molecule has 4 nitrogen and oxygen atoms in total. The Bertz CT molecular complexity index is 608. The molecule has 21 heavy (non-hydrogen) atoms. The number of hydrogen-bond acceptors (Lipinski definition) is 4. The third kappa shape index (κ3) is 3.54. The topological polar surface area (TPSA) is 40.0 Å². The van der Waals surface area contributed by atoms with E-state index in [1.54, 1.807) is 27.5 Å². The number of ether oxygens (including phenoxy) is 3. The van der Waals surface area contributed by atoms with Gasteiger partial charge in [0.1, 0.15) is 0 Å². The Morgan fingerprint density at radius 1 is 0.857 bits per heavy atom. The highest BCUT2D eigenvalue weighted by Gasteiger charge is 2.12. The molecule has 0 saturated heterocycles. The highest BCUT2D eigenvalue weighted by atomic mass is 16.5. The first-order valence-electron chi connectivity index (χ1n) is 6.58. The van der Waals surface area contributed by atoms with Gasteiger partial charge in [-0.3, -0.25) is 4.99 Å². The Balaban J connectivity index is 2.33. The Morgan fingerprint density at radius 3 is 1.90 bits per heavy atom. The average Bonchev–Trinajstić information content (AvgIpc) is 2.53. The van der Waals surface area contributed by atoms with Gasteiger partial charge < -0.3 is 14.2 Å². The van der Waals surface area contributed by atoms with Crippen molar-refractivity contribution in [3.63, 3.8) is 0 Å². The third-order valence-electron chi connectivity index (χ3n) is 3.08. The zero-order chi connectivity index (χ0) is 15.2. The van der Waals surface area contributed by atoms with Crippen LogP contribution in [0.4, 0.5) is 5.69 Å². The number of rotatable bonds is 5. The Labute approximate surface area is 125 Å². The second-order valence-corrected chi connectivity index (χ2v) is 4.55. The lowest BCUT2D eigenvalue weighted by Crippen LogP contribution is -1.96. The number of aryl methyl sites for hydroxylation is 1. The summed E-state index contributed by atoms with van der Waals surface area (Å²) in [4.78, 5) is 4.45. The van der Waals surface area contributed by atoms with Gasteiger partial charge in [0.2, 0.25) is 5.75 Å². The van der Waals surface area contributed by atoms with E-state index in [0.29, 0.717) is 17.2 Å². The molecule has 2 aromatic rings. The van der Waals surface area contributed by atoms with E-state index in [-0.39, 0.29) is 0 Å². The summed E-state index contributed by atoms with van der Waals surface area (Å²) in [5.74, 6) is 1.80. The van der Waals surface area contributed by atoms with Gasteiger partial charge in [0.15, 0.2) is 11.5 Å². The van der Waals surface area contributed by atoms with Crippen molar-refractivity contribution in [3.8, 4) is 17.2 Å². The van der Waals surface area contributed by atoms with Gasteiger partial charge in [-0.15, -0.1) is 0 Å². The minimum absolute atomic E-state index is 0.576. The predicted molar refractivity (Wildman–Crippen MR) is 84.5 cm³/mol. The minimum Gasteiger partial charge on any atom is -0.493 e. The second kappa shape index (κ2) is 6.79. The standard InChI is InChI=1S/C17H19NO3/c1-12-5-7-14(8-6-12)18-11-13-9-15(19-2)17(21-4)16(10-13)20-3/h5-11H,1-4H3. The summed E-state index contributed by atoms with van der Waals surface area (Å²) in [5.41, 5.74) is 2.99. The molecule has 110 valence electrons. The summed E-state index contributed by atoms with van der Waals surface area (Å²) in [5, 5.41) is 0. The van der Waals surface area contributed by atoms with Crippen LogP contribution in [0.3, 0.4) is 0 Å². The molecular weight excluding hydrogens is 266 g/mol. The van der Waals surface area contributed by atoms with Crippen molar-refractivity contribution >= 4 is 11.9 Å². The first-order chi connectivity index (χ1) is 10.2. The van der Waals surface area contributed by atoms with Crippen LogP contribution >= 0.6 is 0 Å². The van der Waals surface area contributed by atoms with Crippen molar-refractivity contribution in [3.05, 3.63) is 47.5 Å². The summed E-state index contributed by atoms with van der Waals surface area (Å²) in [6.45, 7) is 2.05. The fourth-order valence-electron chi connectivity index (χ4n) is 1.96. The normalized spacial score (nSPS) is 10.7. The van der Waals surface area contributed by atoms with Gasteiger partial charge in [0.25, 0.3) is 0 Å². The van der Waals surface area contributed by atoms with Crippen LogP contribution in [0.1, 0.15) is 11.1 Å². The van der Waals surface area contributed by atoms with Crippen molar-refractivity contribution in [2.75, 3.05) is 21.3 Å². The van der Waals surface area contributed by atoms with Crippen LogP contribution in [0.5, 0.6) is 17.2 Å². The van der Waals surface area contributed by atoms with Gasteiger partial charge >= 0.3 is 0 Å². The quantitative estimate of drug-likeness (QED) is 0.785. The van der Waals surface area contributed by atoms with E-state index in [2.05, 4.69) is 4.99 Å². The van der Waals surface area contributed by atoms with Gasteiger partial charge in [-0.1, -0.05) is 17.7 Å². The van der Waals surface area contributed by atoms with Gasteiger partial charge in [0.05, 0.1) is 27.0 Å². The molecule has 2 rings (SSSR count). The number of benzene rings is 2. The molecule has 0 heterocycles. The van der Waals surface area contributed by atoms with E-state index >= 15 is 0 Å². The molecule has 0 saturated carbocycles. The highest BCUT2D eigenvalue weighted by Crippen LogP contribution is 2.37. The van der Waals surface area contributed by atoms with Crippen molar-refractivity contribution in [1.82, 2.24) is 0 Å². The minimum atomic E-state index is 0.576. The lowest BCUT2D eigenvalue weighted by atomic mass is 10.2. The highest BCUT2D eigenvalue weighted by molar-refractivity contribution is 5.84. The monoisotopic (exact) mass is 285 g/mol. The molecule has 0 radical (unpaired) electrons. The fourth-order valence-corrected chi connectivity index (χ4v) is 1.96. The molecule has 0 atom stereocenters. The van der Waals surface area contributed by atoms with E-state index in [4.69, 9.17) is 14.2 Å². The number of nitrogens with zero attached hydrogens (tertiary/aromatic N) is 1. The zero-order valence-corrected chi connectivity index (χ0v) is 12.7. The molecular formula is C17H19NO3. The van der Waals surface area contributed by atoms with Gasteiger partial charge in [0, 0.05) is 11.8 Å². The van der Waals surface area contributed by atoms with Crippen molar-refractivity contribution in [1.29, 1.82) is 0 Å². The zero-order valence-electron chi connectivity index (χ0n) is 12.7. The molecule has 0 fully saturated rings. The van der Waals surface area contributed by atoms with E-state index < -0.39 is 0 Å². The smallest absolute Gasteiger partial charge is 0.203 e. The molecule has 0 bridgehead atoms. The molecule has 0 aliphatic rings. The summed E-state index contributed by atoms with van der Waals surface area (Å²) < 4.78 is 15.9. The van der Waals surface area contributed by atoms with Gasteiger partial charge in [-0.05, 0) is 31.2 Å². The second-order valence-electron chi connectivity index (χ2n) is 4.55. The molecule has 0 amide bonds. The molecule has 2 aromatic carbocycles. The largest absolute Gasteiger partial charge is 0.493 e. The molecule has 0 spiro atoms. The lowest BCUT2D eigenvalue weighted by Gasteiger charge is -2.12. The van der Waals surface area contributed by atoms with Crippen LogP contribution in [0.25, 0.3) is 0 Å². The van der Waals surface area contributed by atoms with E-state index in [1.165, 1.54) is 5.56 Å². The number of aliphatic imine (C=N–C) groups is 1. The molecule has 0 N–H and O–H groups in total. The van der Waals surface area contributed by atoms with E-state index in [9.17, 15) is 0 Å². The molecule has 0 unspecified atom stereocenters. The van der Waals surface area contributed by atoms with Crippen LogP contribution in [-0.2, 0) is 0 Å². The Kier molecular flexibility index (Phi) is 4.82. The van der Waals surface area contributed by atoms with Crippen LogP contribution < -0.4 is 14.2 Å².